The van der Waals surface area contributed by atoms with Crippen molar-refractivity contribution in [3.63, 3.8) is 0 Å². The number of hydrogen-bond acceptors (Lipinski definition) is 6. The zero-order chi connectivity index (χ0) is 21.8. The van der Waals surface area contributed by atoms with E-state index in [1.165, 1.54) is 12.1 Å². The van der Waals surface area contributed by atoms with Crippen molar-refractivity contribution in [1.29, 1.82) is 0 Å². The molecule has 8 heteroatoms. The summed E-state index contributed by atoms with van der Waals surface area (Å²) < 4.78 is 24.8. The summed E-state index contributed by atoms with van der Waals surface area (Å²) in [5.41, 5.74) is 0.901. The molecule has 4 rings (SSSR count). The summed E-state index contributed by atoms with van der Waals surface area (Å²) in [5.74, 6) is 0.796. The average molecular weight is 422 g/mol. The second kappa shape index (κ2) is 8.77. The van der Waals surface area contributed by atoms with Crippen LogP contribution in [-0.2, 0) is 21.6 Å². The van der Waals surface area contributed by atoms with Crippen molar-refractivity contribution < 1.29 is 18.7 Å². The predicted molar refractivity (Wildman–Crippen MR) is 112 cm³/mol. The maximum Gasteiger partial charge on any atom is 0.229 e. The molecule has 0 bridgehead atoms. The lowest BCUT2D eigenvalue weighted by molar-refractivity contribution is -0.117. The fourth-order valence-corrected chi connectivity index (χ4v) is 3.72. The van der Waals surface area contributed by atoms with Crippen molar-refractivity contribution in [1.82, 2.24) is 15.0 Å². The molecule has 1 saturated carbocycles. The number of methoxy groups -OCH3 is 1. The minimum Gasteiger partial charge on any atom is -0.489 e. The highest BCUT2D eigenvalue weighted by Gasteiger charge is 2.60. The summed E-state index contributed by atoms with van der Waals surface area (Å²) in [7, 11) is 1.58. The van der Waals surface area contributed by atoms with Gasteiger partial charge < -0.3 is 14.8 Å². The topological polar surface area (TPSA) is 86.2 Å². The second-order valence-corrected chi connectivity index (χ2v) is 7.57. The number of nitrogens with zero attached hydrogens (tertiary/aromatic N) is 3. The molecule has 2 atom stereocenters. The first-order valence-electron chi connectivity index (χ1n) is 9.94. The number of aromatic nitrogens is 3. The number of rotatable bonds is 8. The second-order valence-electron chi connectivity index (χ2n) is 7.57. The van der Waals surface area contributed by atoms with Crippen LogP contribution in [0.2, 0.25) is 0 Å². The van der Waals surface area contributed by atoms with Gasteiger partial charge in [0.15, 0.2) is 5.75 Å². The van der Waals surface area contributed by atoms with Crippen molar-refractivity contribution in [3.8, 4) is 5.75 Å². The molecule has 0 saturated heterocycles. The maximum atomic E-state index is 13.5. The lowest BCUT2D eigenvalue weighted by Gasteiger charge is -2.20. The van der Waals surface area contributed by atoms with Crippen LogP contribution in [0.5, 0.6) is 5.75 Å². The van der Waals surface area contributed by atoms with Crippen molar-refractivity contribution in [3.05, 3.63) is 77.8 Å². The molecule has 0 spiro atoms. The van der Waals surface area contributed by atoms with Gasteiger partial charge in [-0.3, -0.25) is 4.79 Å². The zero-order valence-electron chi connectivity index (χ0n) is 17.3. The van der Waals surface area contributed by atoms with Crippen LogP contribution in [0.25, 0.3) is 0 Å². The smallest absolute Gasteiger partial charge is 0.229 e. The Hall–Kier alpha value is -3.39. The van der Waals surface area contributed by atoms with Crippen LogP contribution in [0.1, 0.15) is 23.5 Å². The number of anilines is 1. The van der Waals surface area contributed by atoms with Crippen LogP contribution in [0.3, 0.4) is 0 Å². The van der Waals surface area contributed by atoms with E-state index in [0.29, 0.717) is 29.5 Å². The predicted octanol–water partition coefficient (Wildman–Crippen LogP) is 3.44. The molecule has 1 aromatic carbocycles. The number of carbonyl (C=O) groups is 1. The first kappa shape index (κ1) is 20.9. The maximum absolute atomic E-state index is 13.5. The number of benzene rings is 1. The van der Waals surface area contributed by atoms with Crippen LogP contribution in [0, 0.1) is 18.7 Å². The molecular formula is C23H23FN4O3. The largest absolute Gasteiger partial charge is 0.489 e. The zero-order valence-corrected chi connectivity index (χ0v) is 17.3. The first-order valence-corrected chi connectivity index (χ1v) is 9.94. The molecular weight excluding hydrogens is 399 g/mol. The number of nitrogens with one attached hydrogen (secondary N) is 1. The lowest BCUT2D eigenvalue weighted by Crippen LogP contribution is -2.27. The Bertz CT molecular complexity index is 1060. The van der Waals surface area contributed by atoms with Gasteiger partial charge in [0.1, 0.15) is 23.2 Å². The van der Waals surface area contributed by atoms with Crippen molar-refractivity contribution >= 4 is 11.7 Å². The standard InChI is InChI=1S/C23H23FN4O3/c1-15-26-12-20(19(27-15)13-30-2)31-14-23(16-6-8-17(24)9-7-16)11-18(23)22(29)28-21-5-3-4-10-25-21/h3-10,12,18H,11,13-14H2,1-2H3,(H,25,28,29)/t18-,23+/m0/s1. The minimum absolute atomic E-state index is 0.149. The Labute approximate surface area is 179 Å². The normalized spacial score (nSPS) is 19.6. The summed E-state index contributed by atoms with van der Waals surface area (Å²) >= 11 is 0. The minimum atomic E-state index is -0.582. The van der Waals surface area contributed by atoms with E-state index in [1.54, 1.807) is 56.8 Å². The molecule has 1 fully saturated rings. The van der Waals surface area contributed by atoms with E-state index >= 15 is 0 Å². The van der Waals surface area contributed by atoms with Gasteiger partial charge in [0.05, 0.1) is 25.3 Å². The van der Waals surface area contributed by atoms with Gasteiger partial charge >= 0.3 is 0 Å². The van der Waals surface area contributed by atoms with Gasteiger partial charge in [0.25, 0.3) is 0 Å². The van der Waals surface area contributed by atoms with Gasteiger partial charge in [-0.15, -0.1) is 0 Å². The van der Waals surface area contributed by atoms with Crippen LogP contribution in [0.15, 0.2) is 54.9 Å². The van der Waals surface area contributed by atoms with Gasteiger partial charge in [-0.05, 0) is 43.2 Å². The van der Waals surface area contributed by atoms with Crippen molar-refractivity contribution in [2.45, 2.75) is 25.4 Å². The molecule has 160 valence electrons. The molecule has 2 aromatic heterocycles. The molecule has 3 aromatic rings. The molecule has 2 heterocycles. The first-order chi connectivity index (χ1) is 15.0. The number of carbonyl (C=O) groups excluding carboxylic acids is 1. The quantitative estimate of drug-likeness (QED) is 0.599. The third kappa shape index (κ3) is 4.54. The number of amides is 1. The van der Waals surface area contributed by atoms with E-state index < -0.39 is 5.41 Å². The van der Waals surface area contributed by atoms with E-state index in [4.69, 9.17) is 9.47 Å². The molecule has 1 aliphatic rings. The summed E-state index contributed by atoms with van der Waals surface area (Å²) in [6.45, 7) is 2.30. The fourth-order valence-electron chi connectivity index (χ4n) is 3.72. The number of aryl methyl sites for hydroxylation is 1. The summed E-state index contributed by atoms with van der Waals surface area (Å²) in [5, 5.41) is 2.85. The van der Waals surface area contributed by atoms with E-state index in [1.807, 2.05) is 0 Å². The molecule has 7 nitrogen and oxygen atoms in total. The number of halogens is 1. The summed E-state index contributed by atoms with van der Waals surface area (Å²) in [6, 6.07) is 11.5. The number of hydrogen-bond donors (Lipinski definition) is 1. The molecule has 31 heavy (non-hydrogen) atoms. The van der Waals surface area contributed by atoms with E-state index in [9.17, 15) is 9.18 Å². The highest BCUT2D eigenvalue weighted by molar-refractivity contribution is 5.95. The van der Waals surface area contributed by atoms with Gasteiger partial charge in [-0.1, -0.05) is 18.2 Å². The van der Waals surface area contributed by atoms with Crippen LogP contribution in [-0.4, -0.2) is 34.6 Å². The van der Waals surface area contributed by atoms with E-state index in [-0.39, 0.29) is 30.9 Å². The molecule has 1 N–H and O–H groups in total. The lowest BCUT2D eigenvalue weighted by atomic mass is 9.93. The highest BCUT2D eigenvalue weighted by atomic mass is 19.1. The molecule has 0 aliphatic heterocycles. The summed E-state index contributed by atoms with van der Waals surface area (Å²) in [6.07, 6.45) is 3.80. The Morgan fingerprint density at radius 3 is 2.74 bits per heavy atom. The summed E-state index contributed by atoms with van der Waals surface area (Å²) in [4.78, 5) is 25.7. The average Bonchev–Trinajstić information content (AvgIpc) is 3.51. The Kier molecular flexibility index (Phi) is 5.90. The van der Waals surface area contributed by atoms with Crippen LogP contribution >= 0.6 is 0 Å². The number of ether oxygens (including phenoxy) is 2. The molecule has 0 radical (unpaired) electrons. The molecule has 1 aliphatic carbocycles. The Balaban J connectivity index is 1.57. The molecule has 0 unspecified atom stereocenters. The van der Waals surface area contributed by atoms with Gasteiger partial charge in [0.2, 0.25) is 5.91 Å². The van der Waals surface area contributed by atoms with Gasteiger partial charge in [-0.25, -0.2) is 19.3 Å². The van der Waals surface area contributed by atoms with Crippen LogP contribution < -0.4 is 10.1 Å². The van der Waals surface area contributed by atoms with Gasteiger partial charge in [0, 0.05) is 18.7 Å². The van der Waals surface area contributed by atoms with E-state index in [0.717, 1.165) is 5.56 Å². The highest BCUT2D eigenvalue weighted by Crippen LogP contribution is 2.55. The third-order valence-corrected chi connectivity index (χ3v) is 5.44. The fraction of sp³-hybridized carbons (Fsp3) is 0.304. The molecule has 1 amide bonds. The van der Waals surface area contributed by atoms with Gasteiger partial charge in [-0.2, -0.15) is 0 Å². The monoisotopic (exact) mass is 422 g/mol. The van der Waals surface area contributed by atoms with Crippen LogP contribution in [0.4, 0.5) is 10.2 Å². The Morgan fingerprint density at radius 2 is 2.03 bits per heavy atom. The van der Waals surface area contributed by atoms with Crippen molar-refractivity contribution in [2.24, 2.45) is 5.92 Å². The number of pyridine rings is 1. The third-order valence-electron chi connectivity index (χ3n) is 5.44. The van der Waals surface area contributed by atoms with Crippen molar-refractivity contribution in [2.75, 3.05) is 19.0 Å². The van der Waals surface area contributed by atoms with E-state index in [2.05, 4.69) is 20.3 Å². The SMILES string of the molecule is COCc1nc(C)ncc1OC[C@@]1(c2ccc(F)cc2)C[C@H]1C(=O)Nc1ccccn1. The Morgan fingerprint density at radius 1 is 1.23 bits per heavy atom.